The van der Waals surface area contributed by atoms with Gasteiger partial charge in [0.1, 0.15) is 11.8 Å². The molecule has 3 rings (SSSR count). The fraction of sp³-hybridized carbons (Fsp3) is 0.562. The first kappa shape index (κ1) is 16.3. The fourth-order valence-corrected chi connectivity index (χ4v) is 4.82. The second-order valence-electron chi connectivity index (χ2n) is 6.19. The third-order valence-corrected chi connectivity index (χ3v) is 6.46. The van der Waals surface area contributed by atoms with Crippen LogP contribution >= 0.6 is 0 Å². The number of amides is 1. The van der Waals surface area contributed by atoms with E-state index in [1.54, 1.807) is 19.1 Å². The smallest absolute Gasteiger partial charge is 0.244 e. The quantitative estimate of drug-likeness (QED) is 0.881. The molecule has 2 fully saturated rings. The summed E-state index contributed by atoms with van der Waals surface area (Å²) in [6.07, 6.45) is 3.24. The van der Waals surface area contributed by atoms with Crippen molar-refractivity contribution in [1.29, 1.82) is 0 Å². The molecule has 0 spiro atoms. The Labute approximate surface area is 136 Å². The van der Waals surface area contributed by atoms with Crippen LogP contribution in [0.4, 0.5) is 0 Å². The van der Waals surface area contributed by atoms with Crippen molar-refractivity contribution in [2.75, 3.05) is 13.7 Å². The number of rotatable bonds is 5. The van der Waals surface area contributed by atoms with E-state index < -0.39 is 16.1 Å². The highest BCUT2D eigenvalue weighted by Gasteiger charge is 2.41. The summed E-state index contributed by atoms with van der Waals surface area (Å²) in [6, 6.07) is 4.60. The first-order chi connectivity index (χ1) is 10.9. The standard InChI is InChI=1S/C16H22N2O4S/c1-11-5-8-13(22-2)10-15(11)23(20,21)18-9-3-4-14(18)16(19)17-12-6-7-12/h5,8,10,12,14H,3-4,6-7,9H2,1-2H3,(H,17,19)/t14-/m0/s1. The largest absolute Gasteiger partial charge is 0.497 e. The van der Waals surface area contributed by atoms with E-state index >= 15 is 0 Å². The van der Waals surface area contributed by atoms with E-state index in [0.29, 0.717) is 30.7 Å². The molecule has 2 aliphatic rings. The number of methoxy groups -OCH3 is 1. The summed E-state index contributed by atoms with van der Waals surface area (Å²) >= 11 is 0. The summed E-state index contributed by atoms with van der Waals surface area (Å²) in [5.74, 6) is 0.321. The lowest BCUT2D eigenvalue weighted by atomic mass is 10.2. The molecule has 1 aliphatic heterocycles. The van der Waals surface area contributed by atoms with E-state index in [-0.39, 0.29) is 16.8 Å². The van der Waals surface area contributed by atoms with Gasteiger partial charge in [0.2, 0.25) is 15.9 Å². The highest BCUT2D eigenvalue weighted by atomic mass is 32.2. The predicted octanol–water partition coefficient (Wildman–Crippen LogP) is 1.44. The molecule has 1 heterocycles. The van der Waals surface area contributed by atoms with Crippen LogP contribution in [-0.4, -0.2) is 44.4 Å². The molecule has 1 amide bonds. The van der Waals surface area contributed by atoms with Crippen molar-refractivity contribution >= 4 is 15.9 Å². The third-order valence-electron chi connectivity index (χ3n) is 4.41. The SMILES string of the molecule is COc1ccc(C)c(S(=O)(=O)N2CCC[C@H]2C(=O)NC2CC2)c1. The molecule has 1 saturated carbocycles. The number of nitrogens with one attached hydrogen (secondary N) is 1. The topological polar surface area (TPSA) is 75.7 Å². The van der Waals surface area contributed by atoms with Crippen LogP contribution < -0.4 is 10.1 Å². The first-order valence-corrected chi connectivity index (χ1v) is 9.34. The van der Waals surface area contributed by atoms with Gasteiger partial charge >= 0.3 is 0 Å². The number of benzene rings is 1. The van der Waals surface area contributed by atoms with Crippen LogP contribution in [0.1, 0.15) is 31.2 Å². The molecule has 0 unspecified atom stereocenters. The van der Waals surface area contributed by atoms with Crippen LogP contribution in [0.2, 0.25) is 0 Å². The number of hydrogen-bond donors (Lipinski definition) is 1. The number of aryl methyl sites for hydroxylation is 1. The van der Waals surface area contributed by atoms with Crippen LogP contribution in [0.15, 0.2) is 23.1 Å². The van der Waals surface area contributed by atoms with Gasteiger partial charge in [0, 0.05) is 18.7 Å². The molecule has 7 heteroatoms. The Bertz CT molecular complexity index is 713. The van der Waals surface area contributed by atoms with Crippen molar-refractivity contribution in [2.24, 2.45) is 0 Å². The average molecular weight is 338 g/mol. The van der Waals surface area contributed by atoms with Gasteiger partial charge in [-0.2, -0.15) is 4.31 Å². The maximum absolute atomic E-state index is 13.0. The van der Waals surface area contributed by atoms with E-state index in [1.165, 1.54) is 17.5 Å². The predicted molar refractivity (Wildman–Crippen MR) is 85.8 cm³/mol. The zero-order valence-electron chi connectivity index (χ0n) is 13.4. The number of ether oxygens (including phenoxy) is 1. The summed E-state index contributed by atoms with van der Waals surface area (Å²) in [5.41, 5.74) is 0.652. The Morgan fingerprint density at radius 2 is 2.04 bits per heavy atom. The van der Waals surface area contributed by atoms with Crippen LogP contribution in [0.5, 0.6) is 5.75 Å². The van der Waals surface area contributed by atoms with E-state index in [1.807, 2.05) is 0 Å². The molecule has 1 atom stereocenters. The summed E-state index contributed by atoms with van der Waals surface area (Å²) in [5, 5.41) is 2.92. The van der Waals surface area contributed by atoms with Gasteiger partial charge in [-0.1, -0.05) is 6.07 Å². The van der Waals surface area contributed by atoms with Gasteiger partial charge in [0.05, 0.1) is 12.0 Å². The lowest BCUT2D eigenvalue weighted by Gasteiger charge is -2.24. The number of nitrogens with zero attached hydrogens (tertiary/aromatic N) is 1. The number of carbonyl (C=O) groups is 1. The lowest BCUT2D eigenvalue weighted by molar-refractivity contribution is -0.124. The summed E-state index contributed by atoms with van der Waals surface area (Å²) in [6.45, 7) is 2.13. The van der Waals surface area contributed by atoms with E-state index in [0.717, 1.165) is 12.8 Å². The van der Waals surface area contributed by atoms with Gasteiger partial charge in [0.25, 0.3) is 0 Å². The van der Waals surface area contributed by atoms with Crippen molar-refractivity contribution in [3.63, 3.8) is 0 Å². The van der Waals surface area contributed by atoms with Crippen molar-refractivity contribution in [3.8, 4) is 5.75 Å². The minimum absolute atomic E-state index is 0.172. The monoisotopic (exact) mass is 338 g/mol. The van der Waals surface area contributed by atoms with Crippen LogP contribution in [-0.2, 0) is 14.8 Å². The molecule has 1 saturated heterocycles. The van der Waals surface area contributed by atoms with E-state index in [9.17, 15) is 13.2 Å². The van der Waals surface area contributed by atoms with Crippen LogP contribution in [0.25, 0.3) is 0 Å². The summed E-state index contributed by atoms with van der Waals surface area (Å²) in [4.78, 5) is 12.6. The van der Waals surface area contributed by atoms with Gasteiger partial charge in [-0.15, -0.1) is 0 Å². The molecule has 1 aromatic carbocycles. The normalized spacial score (nSPS) is 22.1. The average Bonchev–Trinajstić information content (AvgIpc) is 3.18. The molecule has 1 N–H and O–H groups in total. The number of sulfonamides is 1. The Balaban J connectivity index is 1.90. The van der Waals surface area contributed by atoms with Crippen LogP contribution in [0.3, 0.4) is 0 Å². The van der Waals surface area contributed by atoms with Crippen molar-refractivity contribution in [2.45, 2.75) is 49.6 Å². The van der Waals surface area contributed by atoms with Gasteiger partial charge in [-0.05, 0) is 44.2 Å². The minimum Gasteiger partial charge on any atom is -0.497 e. The minimum atomic E-state index is -3.72. The molecular weight excluding hydrogens is 316 g/mol. The Morgan fingerprint density at radius 3 is 2.70 bits per heavy atom. The molecule has 23 heavy (non-hydrogen) atoms. The molecule has 6 nitrogen and oxygen atoms in total. The molecule has 0 aromatic heterocycles. The van der Waals surface area contributed by atoms with Crippen molar-refractivity contribution < 1.29 is 17.9 Å². The molecule has 0 bridgehead atoms. The van der Waals surface area contributed by atoms with Gasteiger partial charge in [-0.25, -0.2) is 8.42 Å². The zero-order chi connectivity index (χ0) is 16.6. The van der Waals surface area contributed by atoms with E-state index in [2.05, 4.69) is 5.32 Å². The number of hydrogen-bond acceptors (Lipinski definition) is 4. The van der Waals surface area contributed by atoms with Gasteiger partial charge in [0.15, 0.2) is 0 Å². The van der Waals surface area contributed by atoms with Gasteiger partial charge in [-0.3, -0.25) is 4.79 Å². The Morgan fingerprint density at radius 1 is 1.30 bits per heavy atom. The zero-order valence-corrected chi connectivity index (χ0v) is 14.2. The lowest BCUT2D eigenvalue weighted by Crippen LogP contribution is -2.46. The fourth-order valence-electron chi connectivity index (χ4n) is 2.93. The third kappa shape index (κ3) is 3.21. The molecular formula is C16H22N2O4S. The van der Waals surface area contributed by atoms with Crippen molar-refractivity contribution in [3.05, 3.63) is 23.8 Å². The van der Waals surface area contributed by atoms with E-state index in [4.69, 9.17) is 4.74 Å². The maximum atomic E-state index is 13.0. The number of carbonyl (C=O) groups excluding carboxylic acids is 1. The summed E-state index contributed by atoms with van der Waals surface area (Å²) < 4.78 is 32.5. The van der Waals surface area contributed by atoms with Gasteiger partial charge < -0.3 is 10.1 Å². The second-order valence-corrected chi connectivity index (χ2v) is 8.05. The molecule has 0 radical (unpaired) electrons. The highest BCUT2D eigenvalue weighted by Crippen LogP contribution is 2.30. The maximum Gasteiger partial charge on any atom is 0.244 e. The van der Waals surface area contributed by atoms with Crippen molar-refractivity contribution in [1.82, 2.24) is 9.62 Å². The van der Waals surface area contributed by atoms with Crippen LogP contribution in [0, 0.1) is 6.92 Å². The molecule has 126 valence electrons. The Hall–Kier alpha value is -1.60. The first-order valence-electron chi connectivity index (χ1n) is 7.90. The summed E-state index contributed by atoms with van der Waals surface area (Å²) in [7, 11) is -2.22. The second kappa shape index (κ2) is 6.13. The molecule has 1 aromatic rings. The molecule has 1 aliphatic carbocycles. The highest BCUT2D eigenvalue weighted by molar-refractivity contribution is 7.89. The Kier molecular flexibility index (Phi) is 4.33.